The van der Waals surface area contributed by atoms with Crippen molar-refractivity contribution in [3.8, 4) is 117 Å². The largest absolute Gasteiger partial charge is 0.310 e. The molecule has 146 heavy (non-hydrogen) atoms. The molecule has 4 aliphatic rings. The molecule has 0 saturated heterocycles. The third-order valence-corrected chi connectivity index (χ3v) is 33.4. The standard InChI is InChI=1S/C140H87N5S/c1-3-29-88(30-4-1)90-59-63-94(64-60-90)104-35-9-18-51-126(104)141(99-73-67-92(68-74-99)96-33-25-34-101(83-96)143-128-53-20-11-39-111(128)112-40-12-21-54-129(112)143)103-78-81-110-108-38-8-15-46-119(108)140(125(110)87-103)121-48-17-24-57-132(121)145-133-58-28-42-106(136(133)116-44-27-50-123(140)138(116)145)98-72-82-134-117(84-98)114-79-71-97(85-135(114)146-134)93-69-75-100(76-70-93)142(127-52-19-10-36-105(127)95-65-61-91(62-66-95)89-31-5-2-6-32-89)102-77-80-109-107-37-7-14-45-118(107)139(124(109)86-102)120-47-16-23-56-131(120)144-130-55-22-13-41-113(130)115-43-26-49-122(139)137(115)144/h1-87H. The van der Waals surface area contributed by atoms with Crippen molar-refractivity contribution in [1.29, 1.82) is 0 Å². The molecular weight excluding hydrogens is 1780 g/mol. The summed E-state index contributed by atoms with van der Waals surface area (Å²) >= 11 is 1.88. The van der Waals surface area contributed by atoms with Crippen LogP contribution in [0, 0.1) is 0 Å². The highest BCUT2D eigenvalue weighted by atomic mass is 32.1. The van der Waals surface area contributed by atoms with E-state index in [1.54, 1.807) is 0 Å². The number of hydrogen-bond donors (Lipinski definition) is 0. The number of para-hydroxylation sites is 9. The monoisotopic (exact) mass is 1870 g/mol. The second-order valence-corrected chi connectivity index (χ2v) is 40.6. The first-order valence-electron chi connectivity index (χ1n) is 50.6. The molecule has 0 fully saturated rings. The molecule has 0 bridgehead atoms. The van der Waals surface area contributed by atoms with Gasteiger partial charge in [0.15, 0.2) is 0 Å². The summed E-state index contributed by atoms with van der Waals surface area (Å²) in [5, 5.41) is 9.99. The quantitative estimate of drug-likeness (QED) is 0.108. The number of thiophene rings is 1. The number of fused-ring (bicyclic) bond motifs is 30. The molecule has 2 unspecified atom stereocenters. The summed E-state index contributed by atoms with van der Waals surface area (Å²) in [7, 11) is 0. The number of hydrogen-bond acceptors (Lipinski definition) is 3. The number of nitrogens with zero attached hydrogens (tertiary/aromatic N) is 5. The van der Waals surface area contributed by atoms with E-state index >= 15 is 0 Å². The molecule has 23 aromatic carbocycles. The van der Waals surface area contributed by atoms with Crippen LogP contribution in [0.25, 0.3) is 203 Å². The second kappa shape index (κ2) is 31.9. The minimum Gasteiger partial charge on any atom is -0.310 e. The molecule has 5 nitrogen and oxygen atoms in total. The van der Waals surface area contributed by atoms with E-state index in [1.165, 1.54) is 203 Å². The van der Waals surface area contributed by atoms with Crippen molar-refractivity contribution in [3.05, 3.63) is 572 Å². The molecule has 2 aliphatic heterocycles. The van der Waals surface area contributed by atoms with Gasteiger partial charge in [0.1, 0.15) is 0 Å². The Morgan fingerprint density at radius 2 is 0.527 bits per heavy atom. The third kappa shape index (κ3) is 11.8. The number of anilines is 6. The van der Waals surface area contributed by atoms with Crippen molar-refractivity contribution in [2.75, 3.05) is 9.80 Å². The van der Waals surface area contributed by atoms with Gasteiger partial charge in [-0.3, -0.25) is 0 Å². The molecule has 27 aromatic rings. The van der Waals surface area contributed by atoms with E-state index in [1.807, 2.05) is 11.3 Å². The maximum Gasteiger partial charge on any atom is 0.0755 e. The Morgan fingerprint density at radius 1 is 0.171 bits per heavy atom. The molecule has 2 spiro atoms. The lowest BCUT2D eigenvalue weighted by Crippen LogP contribution is -2.33. The van der Waals surface area contributed by atoms with Crippen LogP contribution in [-0.4, -0.2) is 13.7 Å². The Bertz CT molecular complexity index is 10100. The van der Waals surface area contributed by atoms with E-state index in [9.17, 15) is 0 Å². The maximum atomic E-state index is 2.60. The molecule has 0 radical (unpaired) electrons. The van der Waals surface area contributed by atoms with Crippen molar-refractivity contribution < 1.29 is 0 Å². The predicted molar refractivity (Wildman–Crippen MR) is 611 cm³/mol. The summed E-state index contributed by atoms with van der Waals surface area (Å²) in [6, 6.07) is 199. The van der Waals surface area contributed by atoms with Gasteiger partial charge in [0.25, 0.3) is 0 Å². The molecule has 678 valence electrons. The van der Waals surface area contributed by atoms with Crippen LogP contribution >= 0.6 is 11.3 Å². The first kappa shape index (κ1) is 82.1. The lowest BCUT2D eigenvalue weighted by molar-refractivity contribution is 0.748. The summed E-state index contributed by atoms with van der Waals surface area (Å²) in [5.74, 6) is 0. The summed E-state index contributed by atoms with van der Waals surface area (Å²) in [6.07, 6.45) is 0. The van der Waals surface area contributed by atoms with Gasteiger partial charge in [-0.2, -0.15) is 0 Å². The fourth-order valence-corrected chi connectivity index (χ4v) is 27.2. The molecule has 6 heteroatoms. The van der Waals surface area contributed by atoms with Gasteiger partial charge in [-0.25, -0.2) is 0 Å². The van der Waals surface area contributed by atoms with Crippen LogP contribution in [0.15, 0.2) is 528 Å². The fraction of sp³-hybridized carbons (Fsp3) is 0.0143. The predicted octanol–water partition coefficient (Wildman–Crippen LogP) is 37.3. The summed E-state index contributed by atoms with van der Waals surface area (Å²) in [5.41, 5.74) is 47.3. The zero-order valence-electron chi connectivity index (χ0n) is 79.4. The zero-order valence-corrected chi connectivity index (χ0v) is 80.2. The van der Waals surface area contributed by atoms with Gasteiger partial charge in [0, 0.05) is 92.1 Å². The molecule has 0 N–H and O–H groups in total. The van der Waals surface area contributed by atoms with E-state index in [-0.39, 0.29) is 0 Å². The first-order chi connectivity index (χ1) is 72.4. The topological polar surface area (TPSA) is 21.3 Å². The molecular formula is C140H87N5S. The van der Waals surface area contributed by atoms with Crippen LogP contribution in [0.3, 0.4) is 0 Å². The molecule has 6 heterocycles. The Morgan fingerprint density at radius 3 is 1.08 bits per heavy atom. The maximum absolute atomic E-state index is 2.60. The van der Waals surface area contributed by atoms with Crippen LogP contribution in [0.2, 0.25) is 0 Å². The molecule has 4 aromatic heterocycles. The number of aromatic nitrogens is 3. The van der Waals surface area contributed by atoms with Gasteiger partial charge in [-0.15, -0.1) is 11.3 Å². The van der Waals surface area contributed by atoms with Crippen LogP contribution in [0.1, 0.15) is 44.5 Å². The minimum absolute atomic E-state index is 0.640. The van der Waals surface area contributed by atoms with Crippen molar-refractivity contribution in [1.82, 2.24) is 13.7 Å². The van der Waals surface area contributed by atoms with Crippen LogP contribution in [0.5, 0.6) is 0 Å². The number of benzene rings is 23. The van der Waals surface area contributed by atoms with E-state index < -0.39 is 10.8 Å². The number of rotatable bonds is 14. The van der Waals surface area contributed by atoms with E-state index in [0.717, 1.165) is 78.8 Å². The van der Waals surface area contributed by atoms with Crippen LogP contribution < -0.4 is 9.80 Å². The van der Waals surface area contributed by atoms with Crippen molar-refractivity contribution >= 4 is 131 Å². The van der Waals surface area contributed by atoms with E-state index in [2.05, 4.69) is 551 Å². The Hall–Kier alpha value is -18.7. The van der Waals surface area contributed by atoms with Gasteiger partial charge in [-0.05, 0) is 261 Å². The lowest BCUT2D eigenvalue weighted by atomic mass is 9.65. The van der Waals surface area contributed by atoms with Gasteiger partial charge in [-0.1, -0.05) is 400 Å². The SMILES string of the molecule is c1ccc(-c2ccc(-c3ccccc3N(c3ccc(-c4ccc5c(c4)sc4ccc(-c6cccc7c6c6cccc8c6n7-c6ccccc6C86c7ccccc7-c7ccc(N(c8ccc(-c9cccc(-n%10c%11ccccc%11c%11ccccc%11%10)c9)cc8)c8ccccc8-c8ccc(-c9ccccc9)cc8)cc76)cc45)cc3)c3ccc4c(c3)C3(c5ccccc5-4)c4ccccc4-n4c5ccccc5c5cccc3c54)cc2)cc1. The summed E-state index contributed by atoms with van der Waals surface area (Å²) < 4.78 is 10.1. The summed E-state index contributed by atoms with van der Waals surface area (Å²) in [6.45, 7) is 0. The van der Waals surface area contributed by atoms with Gasteiger partial charge < -0.3 is 23.5 Å². The highest BCUT2D eigenvalue weighted by Gasteiger charge is 2.54. The molecule has 2 aliphatic carbocycles. The Balaban J connectivity index is 0.520. The fourth-order valence-electron chi connectivity index (χ4n) is 26.1. The Kier molecular flexibility index (Phi) is 17.9. The smallest absolute Gasteiger partial charge is 0.0755 e. The highest BCUT2D eigenvalue weighted by molar-refractivity contribution is 7.25. The van der Waals surface area contributed by atoms with Gasteiger partial charge >= 0.3 is 0 Å². The van der Waals surface area contributed by atoms with Crippen LogP contribution in [-0.2, 0) is 10.8 Å². The van der Waals surface area contributed by atoms with Crippen LogP contribution in [0.4, 0.5) is 34.1 Å². The van der Waals surface area contributed by atoms with Crippen molar-refractivity contribution in [3.63, 3.8) is 0 Å². The van der Waals surface area contributed by atoms with Crippen molar-refractivity contribution in [2.24, 2.45) is 0 Å². The van der Waals surface area contributed by atoms with Crippen molar-refractivity contribution in [2.45, 2.75) is 10.8 Å². The normalized spacial score (nSPS) is 14.4. The summed E-state index contributed by atoms with van der Waals surface area (Å²) in [4.78, 5) is 5.03. The highest BCUT2D eigenvalue weighted by Crippen LogP contribution is 2.66. The average Bonchev–Trinajstić information content (AvgIpc) is 1.50. The molecule has 0 saturated carbocycles. The third-order valence-electron chi connectivity index (χ3n) is 32.3. The van der Waals surface area contributed by atoms with E-state index in [0.29, 0.717) is 0 Å². The first-order valence-corrected chi connectivity index (χ1v) is 51.4. The second-order valence-electron chi connectivity index (χ2n) is 39.5. The van der Waals surface area contributed by atoms with Gasteiger partial charge in [0.2, 0.25) is 0 Å². The lowest BCUT2D eigenvalue weighted by Gasteiger charge is -2.40. The molecule has 31 rings (SSSR count). The van der Waals surface area contributed by atoms with E-state index in [4.69, 9.17) is 0 Å². The molecule has 2 atom stereocenters. The molecule has 0 amide bonds. The van der Waals surface area contributed by atoms with Gasteiger partial charge in [0.05, 0.1) is 66.7 Å². The zero-order chi connectivity index (χ0) is 95.6. The average molecular weight is 1870 g/mol. The Labute approximate surface area is 848 Å². The minimum atomic E-state index is -0.738.